The maximum absolute atomic E-state index is 4.78. The van der Waals surface area contributed by atoms with Gasteiger partial charge >= 0.3 is 0 Å². The molecule has 116 valence electrons. The second-order valence-corrected chi connectivity index (χ2v) is 6.70. The van der Waals surface area contributed by atoms with E-state index in [-0.39, 0.29) is 0 Å². The minimum absolute atomic E-state index is 0.643. The highest BCUT2D eigenvalue weighted by Crippen LogP contribution is 2.21. The molecular formula is C16H26N4S. The number of hydrogen-bond acceptors (Lipinski definition) is 3. The molecule has 5 heteroatoms. The van der Waals surface area contributed by atoms with Crippen molar-refractivity contribution < 1.29 is 0 Å². The maximum Gasteiger partial charge on any atom is 0.194 e. The number of aliphatic imine (C=N–C) groups is 1. The first-order valence-corrected chi connectivity index (χ1v) is 8.85. The van der Waals surface area contributed by atoms with Crippen molar-refractivity contribution in [1.29, 1.82) is 0 Å². The number of aryl methyl sites for hydroxylation is 1. The Hall–Kier alpha value is -1.23. The summed E-state index contributed by atoms with van der Waals surface area (Å²) in [5, 5.41) is 4.14. The van der Waals surface area contributed by atoms with Gasteiger partial charge in [0, 0.05) is 36.3 Å². The molecule has 1 atom stereocenters. The lowest BCUT2D eigenvalue weighted by Gasteiger charge is -2.34. The van der Waals surface area contributed by atoms with Crippen molar-refractivity contribution in [2.24, 2.45) is 4.99 Å². The zero-order valence-corrected chi connectivity index (χ0v) is 14.1. The molecule has 4 nitrogen and oxygen atoms in total. The molecule has 1 aliphatic rings. The van der Waals surface area contributed by atoms with E-state index in [1.165, 1.54) is 12.2 Å². The van der Waals surface area contributed by atoms with Crippen molar-refractivity contribution in [3.63, 3.8) is 0 Å². The minimum Gasteiger partial charge on any atom is -0.357 e. The van der Waals surface area contributed by atoms with Crippen LogP contribution in [0.25, 0.3) is 0 Å². The van der Waals surface area contributed by atoms with E-state index in [4.69, 9.17) is 4.99 Å². The molecule has 0 aliphatic carbocycles. The van der Waals surface area contributed by atoms with Crippen LogP contribution < -0.4 is 5.32 Å². The van der Waals surface area contributed by atoms with Gasteiger partial charge in [0.15, 0.2) is 5.96 Å². The Morgan fingerprint density at radius 2 is 2.33 bits per heavy atom. The summed E-state index contributed by atoms with van der Waals surface area (Å²) >= 11 is 2.08. The third kappa shape index (κ3) is 4.92. The van der Waals surface area contributed by atoms with E-state index in [9.17, 15) is 0 Å². The fourth-order valence-corrected chi connectivity index (χ4v) is 3.61. The van der Waals surface area contributed by atoms with E-state index in [1.807, 2.05) is 25.1 Å². The zero-order valence-electron chi connectivity index (χ0n) is 13.3. The number of nitrogens with zero attached hydrogens (tertiary/aromatic N) is 3. The van der Waals surface area contributed by atoms with Gasteiger partial charge in [0.1, 0.15) is 0 Å². The van der Waals surface area contributed by atoms with Crippen LogP contribution in [0, 0.1) is 6.92 Å². The van der Waals surface area contributed by atoms with Crippen LogP contribution in [-0.2, 0) is 6.54 Å². The summed E-state index contributed by atoms with van der Waals surface area (Å²) < 4.78 is 0. The van der Waals surface area contributed by atoms with Gasteiger partial charge in [-0.05, 0) is 32.4 Å². The Morgan fingerprint density at radius 3 is 3.05 bits per heavy atom. The molecular weight excluding hydrogens is 280 g/mol. The summed E-state index contributed by atoms with van der Waals surface area (Å²) in [7, 11) is 0. The first kappa shape index (κ1) is 16.1. The number of guanidine groups is 1. The second kappa shape index (κ2) is 8.27. The third-order valence-corrected chi connectivity index (χ3v) is 4.94. The fraction of sp³-hybridized carbons (Fsp3) is 0.625. The van der Waals surface area contributed by atoms with Gasteiger partial charge in [-0.1, -0.05) is 13.0 Å². The summed E-state index contributed by atoms with van der Waals surface area (Å²) in [4.78, 5) is 11.7. The van der Waals surface area contributed by atoms with Crippen molar-refractivity contribution in [3.8, 4) is 0 Å². The van der Waals surface area contributed by atoms with Crippen molar-refractivity contribution in [2.45, 2.75) is 39.0 Å². The zero-order chi connectivity index (χ0) is 15.1. The van der Waals surface area contributed by atoms with Gasteiger partial charge in [0.05, 0.1) is 12.2 Å². The molecule has 1 aliphatic heterocycles. The number of hydrogen-bond donors (Lipinski definition) is 1. The van der Waals surface area contributed by atoms with E-state index in [2.05, 4.69) is 40.8 Å². The van der Waals surface area contributed by atoms with Gasteiger partial charge in [-0.2, -0.15) is 11.8 Å². The molecule has 0 bridgehead atoms. The third-order valence-electron chi connectivity index (χ3n) is 3.57. The quantitative estimate of drug-likeness (QED) is 0.686. The molecule has 1 N–H and O–H groups in total. The van der Waals surface area contributed by atoms with E-state index >= 15 is 0 Å². The van der Waals surface area contributed by atoms with E-state index < -0.39 is 0 Å². The van der Waals surface area contributed by atoms with Gasteiger partial charge in [0.2, 0.25) is 0 Å². The molecule has 1 saturated heterocycles. The molecule has 0 radical (unpaired) electrons. The number of nitrogens with one attached hydrogen (secondary N) is 1. The molecule has 1 fully saturated rings. The average Bonchev–Trinajstić information content (AvgIpc) is 2.51. The van der Waals surface area contributed by atoms with Crippen LogP contribution in [0.3, 0.4) is 0 Å². The maximum atomic E-state index is 4.78. The number of thioether (sulfide) groups is 1. The second-order valence-electron chi connectivity index (χ2n) is 5.29. The highest BCUT2D eigenvalue weighted by molar-refractivity contribution is 8.00. The molecule has 21 heavy (non-hydrogen) atoms. The minimum atomic E-state index is 0.643. The molecule has 1 aromatic rings. The molecule has 2 heterocycles. The Morgan fingerprint density at radius 1 is 1.48 bits per heavy atom. The summed E-state index contributed by atoms with van der Waals surface area (Å²) in [5.74, 6) is 2.21. The van der Waals surface area contributed by atoms with Crippen LogP contribution in [0.4, 0.5) is 0 Å². The summed E-state index contributed by atoms with van der Waals surface area (Å²) in [6, 6.07) is 6.11. The van der Waals surface area contributed by atoms with E-state index in [0.29, 0.717) is 6.54 Å². The van der Waals surface area contributed by atoms with E-state index in [0.717, 1.165) is 42.2 Å². The SMILES string of the molecule is CCNC(=NCc1cccc(C)n1)N1CCSC(CC)C1. The lowest BCUT2D eigenvalue weighted by molar-refractivity contribution is 0.408. The summed E-state index contributed by atoms with van der Waals surface area (Å²) in [6.45, 7) is 10.1. The lowest BCUT2D eigenvalue weighted by Crippen LogP contribution is -2.48. The van der Waals surface area contributed by atoms with Gasteiger partial charge in [0.25, 0.3) is 0 Å². The first-order chi connectivity index (χ1) is 10.2. The Kier molecular flexibility index (Phi) is 6.36. The predicted molar refractivity (Wildman–Crippen MR) is 91.9 cm³/mol. The molecule has 0 saturated carbocycles. The predicted octanol–water partition coefficient (Wildman–Crippen LogP) is 2.68. The Bertz CT molecular complexity index is 475. The van der Waals surface area contributed by atoms with Crippen molar-refractivity contribution >= 4 is 17.7 Å². The smallest absolute Gasteiger partial charge is 0.194 e. The van der Waals surface area contributed by atoms with Crippen LogP contribution in [0.5, 0.6) is 0 Å². The molecule has 0 aromatic carbocycles. The van der Waals surface area contributed by atoms with Crippen molar-refractivity contribution in [2.75, 3.05) is 25.4 Å². The standard InChI is InChI=1S/C16H26N4S/c1-4-15-12-20(9-10-21-15)16(17-5-2)18-11-14-8-6-7-13(3)19-14/h6-8,15H,4-5,9-12H2,1-3H3,(H,17,18). The van der Waals surface area contributed by atoms with Crippen molar-refractivity contribution in [3.05, 3.63) is 29.6 Å². The molecule has 2 rings (SSSR count). The monoisotopic (exact) mass is 306 g/mol. The van der Waals surface area contributed by atoms with E-state index in [1.54, 1.807) is 0 Å². The highest BCUT2D eigenvalue weighted by atomic mass is 32.2. The van der Waals surface area contributed by atoms with Crippen molar-refractivity contribution in [1.82, 2.24) is 15.2 Å². The Labute approximate surface area is 132 Å². The Balaban J connectivity index is 2.04. The molecule has 0 spiro atoms. The van der Waals surface area contributed by atoms with Gasteiger partial charge in [-0.15, -0.1) is 0 Å². The lowest BCUT2D eigenvalue weighted by atomic mass is 10.3. The molecule has 1 unspecified atom stereocenters. The highest BCUT2D eigenvalue weighted by Gasteiger charge is 2.21. The topological polar surface area (TPSA) is 40.5 Å². The fourth-order valence-electron chi connectivity index (χ4n) is 2.43. The summed E-state index contributed by atoms with van der Waals surface area (Å²) in [5.41, 5.74) is 2.08. The number of rotatable bonds is 4. The van der Waals surface area contributed by atoms with Crippen LogP contribution in [0.2, 0.25) is 0 Å². The molecule has 1 aromatic heterocycles. The van der Waals surface area contributed by atoms with Crippen LogP contribution in [-0.4, -0.2) is 46.5 Å². The largest absolute Gasteiger partial charge is 0.357 e. The average molecular weight is 306 g/mol. The number of aromatic nitrogens is 1. The van der Waals surface area contributed by atoms with Crippen LogP contribution >= 0.6 is 11.8 Å². The molecule has 0 amide bonds. The van der Waals surface area contributed by atoms with Gasteiger partial charge in [-0.25, -0.2) is 4.99 Å². The van der Waals surface area contributed by atoms with Gasteiger partial charge < -0.3 is 10.2 Å². The van der Waals surface area contributed by atoms with Gasteiger partial charge in [-0.3, -0.25) is 4.98 Å². The summed E-state index contributed by atoms with van der Waals surface area (Å²) in [6.07, 6.45) is 1.22. The van der Waals surface area contributed by atoms with Crippen LogP contribution in [0.15, 0.2) is 23.2 Å². The van der Waals surface area contributed by atoms with Crippen LogP contribution in [0.1, 0.15) is 31.7 Å². The normalized spacial score (nSPS) is 19.7. The first-order valence-electron chi connectivity index (χ1n) is 7.80. The number of pyridine rings is 1.